The van der Waals surface area contributed by atoms with E-state index in [4.69, 9.17) is 11.6 Å². The quantitative estimate of drug-likeness (QED) is 0.303. The molecule has 0 unspecified atom stereocenters. The maximum atomic E-state index is 13.1. The lowest BCUT2D eigenvalue weighted by Crippen LogP contribution is -2.12. The molecule has 2 aromatic heterocycles. The highest BCUT2D eigenvalue weighted by Gasteiger charge is 2.20. The highest BCUT2D eigenvalue weighted by atomic mass is 35.5. The van der Waals surface area contributed by atoms with Crippen LogP contribution in [-0.4, -0.2) is 28.9 Å². The first-order valence-corrected chi connectivity index (χ1v) is 11.9. The predicted octanol–water partition coefficient (Wildman–Crippen LogP) is 4.32. The second-order valence-electron chi connectivity index (χ2n) is 7.45. The molecule has 4 rings (SSSR count). The van der Waals surface area contributed by atoms with Crippen LogP contribution >= 0.6 is 11.6 Å². The standard InChI is InChI=1S/C24H21ClN4O3S/c1-16-20(24(30)27-19-9-7-17(8-10-19)15-33(31)32)13-29(14-22-26-12-11-21(25)28-22)23(16)18-5-3-2-4-6-18/h2-13,33H,14-15H2,1H3,(H,27,30). The van der Waals surface area contributed by atoms with Crippen LogP contribution in [0.1, 0.15) is 27.3 Å². The fourth-order valence-electron chi connectivity index (χ4n) is 3.64. The molecule has 33 heavy (non-hydrogen) atoms. The van der Waals surface area contributed by atoms with Gasteiger partial charge in [-0.15, -0.1) is 0 Å². The van der Waals surface area contributed by atoms with Gasteiger partial charge in [0.1, 0.15) is 21.7 Å². The molecular formula is C24H21ClN4O3S. The molecule has 9 heteroatoms. The molecule has 0 spiro atoms. The highest BCUT2D eigenvalue weighted by Crippen LogP contribution is 2.29. The van der Waals surface area contributed by atoms with Crippen LogP contribution in [0.25, 0.3) is 11.3 Å². The summed E-state index contributed by atoms with van der Waals surface area (Å²) in [4.78, 5) is 21.7. The van der Waals surface area contributed by atoms with E-state index in [1.54, 1.807) is 42.7 Å². The Morgan fingerprint density at radius 2 is 1.79 bits per heavy atom. The van der Waals surface area contributed by atoms with Crippen molar-refractivity contribution in [2.24, 2.45) is 0 Å². The summed E-state index contributed by atoms with van der Waals surface area (Å²) in [6.45, 7) is 2.25. The monoisotopic (exact) mass is 480 g/mol. The Kier molecular flexibility index (Phi) is 6.86. The van der Waals surface area contributed by atoms with Gasteiger partial charge < -0.3 is 9.88 Å². The number of anilines is 1. The summed E-state index contributed by atoms with van der Waals surface area (Å²) in [5, 5.41) is 3.24. The minimum atomic E-state index is -2.50. The summed E-state index contributed by atoms with van der Waals surface area (Å²) in [6, 6.07) is 18.2. The molecule has 2 aromatic carbocycles. The molecule has 0 aliphatic carbocycles. The summed E-state index contributed by atoms with van der Waals surface area (Å²) < 4.78 is 23.8. The molecule has 4 aromatic rings. The van der Waals surface area contributed by atoms with Gasteiger partial charge >= 0.3 is 0 Å². The molecule has 0 bridgehead atoms. The van der Waals surface area contributed by atoms with E-state index in [-0.39, 0.29) is 11.7 Å². The number of nitrogens with zero attached hydrogens (tertiary/aromatic N) is 3. The van der Waals surface area contributed by atoms with Gasteiger partial charge in [-0.25, -0.2) is 18.4 Å². The van der Waals surface area contributed by atoms with Gasteiger partial charge in [-0.3, -0.25) is 4.79 Å². The van der Waals surface area contributed by atoms with E-state index in [1.807, 2.05) is 41.8 Å². The van der Waals surface area contributed by atoms with Crippen LogP contribution in [0.5, 0.6) is 0 Å². The van der Waals surface area contributed by atoms with Gasteiger partial charge in [0, 0.05) is 18.1 Å². The molecule has 7 nitrogen and oxygen atoms in total. The Labute approximate surface area is 198 Å². The Balaban J connectivity index is 1.66. The van der Waals surface area contributed by atoms with E-state index < -0.39 is 10.7 Å². The topological polar surface area (TPSA) is 94.0 Å². The number of rotatable bonds is 7. The summed E-state index contributed by atoms with van der Waals surface area (Å²) in [5.74, 6) is 0.240. The molecule has 0 aliphatic heterocycles. The van der Waals surface area contributed by atoms with Gasteiger partial charge in [0.05, 0.1) is 23.6 Å². The largest absolute Gasteiger partial charge is 0.339 e. The Morgan fingerprint density at radius 1 is 1.06 bits per heavy atom. The van der Waals surface area contributed by atoms with E-state index in [9.17, 15) is 13.2 Å². The number of aromatic nitrogens is 3. The van der Waals surface area contributed by atoms with Gasteiger partial charge in [0.25, 0.3) is 5.91 Å². The predicted molar refractivity (Wildman–Crippen MR) is 129 cm³/mol. The van der Waals surface area contributed by atoms with Crippen molar-refractivity contribution in [3.8, 4) is 11.3 Å². The fraction of sp³-hybridized carbons (Fsp3) is 0.125. The number of halogens is 1. The number of benzene rings is 2. The second-order valence-corrected chi connectivity index (χ2v) is 8.82. The Morgan fingerprint density at radius 3 is 2.45 bits per heavy atom. The summed E-state index contributed by atoms with van der Waals surface area (Å²) in [5.41, 5.74) is 4.44. The highest BCUT2D eigenvalue weighted by molar-refractivity contribution is 7.71. The van der Waals surface area contributed by atoms with Gasteiger partial charge in [0.2, 0.25) is 0 Å². The first-order chi connectivity index (χ1) is 15.9. The lowest BCUT2D eigenvalue weighted by atomic mass is 10.1. The van der Waals surface area contributed by atoms with Crippen LogP contribution in [0.2, 0.25) is 5.15 Å². The molecule has 0 radical (unpaired) electrons. The third kappa shape index (κ3) is 5.47. The molecule has 0 fully saturated rings. The third-order valence-electron chi connectivity index (χ3n) is 5.13. The number of carbonyl (C=O) groups is 1. The van der Waals surface area contributed by atoms with E-state index >= 15 is 0 Å². The number of carbonyl (C=O) groups excluding carboxylic acids is 1. The molecule has 1 N–H and O–H groups in total. The third-order valence-corrected chi connectivity index (χ3v) is 5.96. The van der Waals surface area contributed by atoms with Crippen LogP contribution < -0.4 is 5.32 Å². The van der Waals surface area contributed by atoms with Crippen LogP contribution in [-0.2, 0) is 23.0 Å². The number of hydrogen-bond donors (Lipinski definition) is 2. The fourth-order valence-corrected chi connectivity index (χ4v) is 4.30. The minimum Gasteiger partial charge on any atom is -0.339 e. The Bertz CT molecular complexity index is 1360. The van der Waals surface area contributed by atoms with Crippen molar-refractivity contribution in [1.82, 2.24) is 14.5 Å². The Hall–Kier alpha value is -3.49. The number of nitrogens with one attached hydrogen (secondary N) is 1. The zero-order valence-corrected chi connectivity index (χ0v) is 19.4. The molecule has 0 atom stereocenters. The van der Waals surface area contributed by atoms with Crippen LogP contribution in [0, 0.1) is 6.92 Å². The molecule has 2 heterocycles. The second kappa shape index (κ2) is 9.97. The van der Waals surface area contributed by atoms with Crippen molar-refractivity contribution >= 4 is 33.9 Å². The van der Waals surface area contributed by atoms with E-state index in [1.165, 1.54) is 0 Å². The maximum Gasteiger partial charge on any atom is 0.257 e. The van der Waals surface area contributed by atoms with Crippen molar-refractivity contribution in [3.05, 3.63) is 101 Å². The van der Waals surface area contributed by atoms with Crippen LogP contribution in [0.3, 0.4) is 0 Å². The zero-order valence-electron chi connectivity index (χ0n) is 17.7. The molecule has 0 saturated heterocycles. The lowest BCUT2D eigenvalue weighted by Gasteiger charge is -2.10. The van der Waals surface area contributed by atoms with Gasteiger partial charge in [-0.05, 0) is 41.8 Å². The van der Waals surface area contributed by atoms with Gasteiger partial charge in [0.15, 0.2) is 0 Å². The van der Waals surface area contributed by atoms with Crippen molar-refractivity contribution in [2.45, 2.75) is 19.2 Å². The van der Waals surface area contributed by atoms with Crippen LogP contribution in [0.4, 0.5) is 5.69 Å². The number of amides is 1. The summed E-state index contributed by atoms with van der Waals surface area (Å²) >= 11 is 6.03. The number of hydrogen-bond acceptors (Lipinski definition) is 5. The molecule has 168 valence electrons. The summed E-state index contributed by atoms with van der Waals surface area (Å²) in [7, 11) is -2.50. The maximum absolute atomic E-state index is 13.1. The minimum absolute atomic E-state index is 0.0302. The van der Waals surface area contributed by atoms with Crippen LogP contribution in [0.15, 0.2) is 73.1 Å². The first-order valence-electron chi connectivity index (χ1n) is 10.2. The van der Waals surface area contributed by atoms with E-state index in [0.29, 0.717) is 34.3 Å². The SMILES string of the molecule is Cc1c(C(=O)Nc2ccc(C[SH](=O)=O)cc2)cn(Cc2nccc(Cl)n2)c1-c1ccccc1. The van der Waals surface area contributed by atoms with Crippen molar-refractivity contribution in [3.63, 3.8) is 0 Å². The molecule has 0 aliphatic rings. The van der Waals surface area contributed by atoms with E-state index in [2.05, 4.69) is 15.3 Å². The molecule has 1 amide bonds. The first kappa shape index (κ1) is 22.7. The summed E-state index contributed by atoms with van der Waals surface area (Å²) in [6.07, 6.45) is 3.39. The van der Waals surface area contributed by atoms with Gasteiger partial charge in [-0.2, -0.15) is 0 Å². The van der Waals surface area contributed by atoms with Crippen molar-refractivity contribution in [1.29, 1.82) is 0 Å². The average Bonchev–Trinajstić information content (AvgIpc) is 3.11. The normalized spacial score (nSPS) is 11.0. The lowest BCUT2D eigenvalue weighted by molar-refractivity contribution is 0.102. The van der Waals surface area contributed by atoms with E-state index in [0.717, 1.165) is 16.8 Å². The average molecular weight is 481 g/mol. The zero-order chi connectivity index (χ0) is 23.4. The van der Waals surface area contributed by atoms with Crippen molar-refractivity contribution in [2.75, 3.05) is 5.32 Å². The smallest absolute Gasteiger partial charge is 0.257 e. The molecular weight excluding hydrogens is 460 g/mol. The number of thiol groups is 1. The molecule has 0 saturated carbocycles. The van der Waals surface area contributed by atoms with Gasteiger partial charge in [-0.1, -0.05) is 54.1 Å². The van der Waals surface area contributed by atoms with Crippen molar-refractivity contribution < 1.29 is 13.2 Å².